The first-order valence-electron chi connectivity index (χ1n) is 6.13. The molecule has 3 nitrogen and oxygen atoms in total. The standard InChI is InChI=1S/C16H12BrNO2/c1-19-15-3-2-4-16(18-15)20-14-8-6-11-9-13(17)7-5-12(11)10-14/h2-10H,1H3. The number of rotatable bonds is 3. The van der Waals surface area contributed by atoms with Crippen molar-refractivity contribution in [3.63, 3.8) is 0 Å². The van der Waals surface area contributed by atoms with Crippen molar-refractivity contribution in [3.8, 4) is 17.5 Å². The second-order valence-corrected chi connectivity index (χ2v) is 5.19. The summed E-state index contributed by atoms with van der Waals surface area (Å²) >= 11 is 3.47. The molecule has 0 bridgehead atoms. The van der Waals surface area contributed by atoms with Crippen molar-refractivity contribution < 1.29 is 9.47 Å². The van der Waals surface area contributed by atoms with Crippen molar-refractivity contribution in [3.05, 3.63) is 59.1 Å². The van der Waals surface area contributed by atoms with Crippen LogP contribution in [0.5, 0.6) is 17.5 Å². The van der Waals surface area contributed by atoms with Crippen LogP contribution in [0, 0.1) is 0 Å². The first kappa shape index (κ1) is 12.9. The number of hydrogen-bond acceptors (Lipinski definition) is 3. The van der Waals surface area contributed by atoms with E-state index >= 15 is 0 Å². The summed E-state index contributed by atoms with van der Waals surface area (Å²) in [5.41, 5.74) is 0. The number of fused-ring (bicyclic) bond motifs is 1. The zero-order valence-corrected chi connectivity index (χ0v) is 12.4. The SMILES string of the molecule is COc1cccc(Oc2ccc3cc(Br)ccc3c2)n1. The van der Waals surface area contributed by atoms with Crippen LogP contribution in [0.25, 0.3) is 10.8 Å². The van der Waals surface area contributed by atoms with Gasteiger partial charge in [-0.3, -0.25) is 0 Å². The highest BCUT2D eigenvalue weighted by Crippen LogP contribution is 2.27. The molecule has 0 radical (unpaired) electrons. The molecule has 2 aromatic carbocycles. The van der Waals surface area contributed by atoms with Crippen molar-refractivity contribution in [1.82, 2.24) is 4.98 Å². The van der Waals surface area contributed by atoms with Gasteiger partial charge in [-0.25, -0.2) is 0 Å². The van der Waals surface area contributed by atoms with E-state index in [4.69, 9.17) is 9.47 Å². The Morgan fingerprint density at radius 3 is 2.50 bits per heavy atom. The van der Waals surface area contributed by atoms with Gasteiger partial charge in [-0.05, 0) is 35.0 Å². The van der Waals surface area contributed by atoms with E-state index in [2.05, 4.69) is 27.0 Å². The molecule has 0 aliphatic rings. The van der Waals surface area contributed by atoms with Gasteiger partial charge in [0.2, 0.25) is 11.8 Å². The predicted molar refractivity (Wildman–Crippen MR) is 82.5 cm³/mol. The number of methoxy groups -OCH3 is 1. The maximum atomic E-state index is 5.76. The van der Waals surface area contributed by atoms with Crippen LogP contribution in [0.2, 0.25) is 0 Å². The fourth-order valence-electron chi connectivity index (χ4n) is 1.95. The molecule has 0 unspecified atom stereocenters. The predicted octanol–water partition coefficient (Wildman–Crippen LogP) is 4.80. The van der Waals surface area contributed by atoms with Crippen LogP contribution in [0.3, 0.4) is 0 Å². The van der Waals surface area contributed by atoms with Crippen molar-refractivity contribution in [2.75, 3.05) is 7.11 Å². The van der Waals surface area contributed by atoms with Gasteiger partial charge in [-0.1, -0.05) is 34.1 Å². The highest BCUT2D eigenvalue weighted by molar-refractivity contribution is 9.10. The lowest BCUT2D eigenvalue weighted by Gasteiger charge is -2.07. The third-order valence-corrected chi connectivity index (χ3v) is 3.40. The summed E-state index contributed by atoms with van der Waals surface area (Å²) in [6.07, 6.45) is 0. The van der Waals surface area contributed by atoms with Crippen LogP contribution in [0.4, 0.5) is 0 Å². The average molecular weight is 330 g/mol. The minimum atomic E-state index is 0.515. The smallest absolute Gasteiger partial charge is 0.222 e. The number of halogens is 1. The number of benzene rings is 2. The lowest BCUT2D eigenvalue weighted by Crippen LogP contribution is -1.91. The van der Waals surface area contributed by atoms with Gasteiger partial charge in [0.05, 0.1) is 7.11 Å². The highest BCUT2D eigenvalue weighted by Gasteiger charge is 2.02. The van der Waals surface area contributed by atoms with Gasteiger partial charge in [-0.2, -0.15) is 4.98 Å². The van der Waals surface area contributed by atoms with Crippen molar-refractivity contribution in [2.45, 2.75) is 0 Å². The zero-order valence-electron chi connectivity index (χ0n) is 10.8. The van der Waals surface area contributed by atoms with Crippen LogP contribution in [0.15, 0.2) is 59.1 Å². The normalized spacial score (nSPS) is 10.5. The lowest BCUT2D eigenvalue weighted by atomic mass is 10.1. The minimum absolute atomic E-state index is 0.515. The first-order valence-corrected chi connectivity index (χ1v) is 6.92. The summed E-state index contributed by atoms with van der Waals surface area (Å²) in [6, 6.07) is 17.5. The molecule has 3 rings (SSSR count). The monoisotopic (exact) mass is 329 g/mol. The van der Waals surface area contributed by atoms with E-state index < -0.39 is 0 Å². The van der Waals surface area contributed by atoms with Gasteiger partial charge in [-0.15, -0.1) is 0 Å². The first-order chi connectivity index (χ1) is 9.74. The number of nitrogens with zero attached hydrogens (tertiary/aromatic N) is 1. The summed E-state index contributed by atoms with van der Waals surface area (Å²) in [5.74, 6) is 1.80. The molecule has 20 heavy (non-hydrogen) atoms. The van der Waals surface area contributed by atoms with Crippen molar-refractivity contribution in [1.29, 1.82) is 0 Å². The Hall–Kier alpha value is -2.07. The molecule has 0 aliphatic carbocycles. The second kappa shape index (κ2) is 5.51. The molecule has 0 aliphatic heterocycles. The van der Waals surface area contributed by atoms with Crippen LogP contribution < -0.4 is 9.47 Å². The van der Waals surface area contributed by atoms with Crippen LogP contribution in [-0.2, 0) is 0 Å². The number of pyridine rings is 1. The van der Waals surface area contributed by atoms with Gasteiger partial charge in [0.15, 0.2) is 0 Å². The number of ether oxygens (including phenoxy) is 2. The molecule has 0 amide bonds. The van der Waals surface area contributed by atoms with Gasteiger partial charge in [0.1, 0.15) is 5.75 Å². The summed E-state index contributed by atoms with van der Waals surface area (Å²) in [7, 11) is 1.58. The maximum absolute atomic E-state index is 5.76. The van der Waals surface area contributed by atoms with Crippen LogP contribution in [0.1, 0.15) is 0 Å². The summed E-state index contributed by atoms with van der Waals surface area (Å²) in [5, 5.41) is 2.28. The Labute approximate surface area is 125 Å². The molecular formula is C16H12BrNO2. The fourth-order valence-corrected chi connectivity index (χ4v) is 2.32. The van der Waals surface area contributed by atoms with Gasteiger partial charge in [0, 0.05) is 16.6 Å². The molecule has 1 aromatic heterocycles. The Morgan fingerprint density at radius 1 is 0.900 bits per heavy atom. The van der Waals surface area contributed by atoms with Crippen LogP contribution >= 0.6 is 15.9 Å². The largest absolute Gasteiger partial charge is 0.481 e. The van der Waals surface area contributed by atoms with E-state index in [1.807, 2.05) is 36.4 Å². The third-order valence-electron chi connectivity index (χ3n) is 2.90. The molecular weight excluding hydrogens is 318 g/mol. The molecule has 0 saturated heterocycles. The number of hydrogen-bond donors (Lipinski definition) is 0. The molecule has 0 N–H and O–H groups in total. The molecule has 0 saturated carbocycles. The summed E-state index contributed by atoms with van der Waals surface area (Å²) in [4.78, 5) is 4.23. The Kier molecular flexibility index (Phi) is 3.56. The maximum Gasteiger partial charge on any atom is 0.222 e. The molecule has 1 heterocycles. The van der Waals surface area contributed by atoms with E-state index in [9.17, 15) is 0 Å². The molecule has 4 heteroatoms. The average Bonchev–Trinajstić information content (AvgIpc) is 2.47. The summed E-state index contributed by atoms with van der Waals surface area (Å²) < 4.78 is 11.9. The van der Waals surface area contributed by atoms with Gasteiger partial charge >= 0.3 is 0 Å². The summed E-state index contributed by atoms with van der Waals surface area (Å²) in [6.45, 7) is 0. The number of aromatic nitrogens is 1. The quantitative estimate of drug-likeness (QED) is 0.691. The van der Waals surface area contributed by atoms with Crippen LogP contribution in [-0.4, -0.2) is 12.1 Å². The van der Waals surface area contributed by atoms with E-state index in [1.165, 1.54) is 0 Å². The van der Waals surface area contributed by atoms with E-state index in [0.29, 0.717) is 11.8 Å². The highest BCUT2D eigenvalue weighted by atomic mass is 79.9. The third kappa shape index (κ3) is 2.75. The van der Waals surface area contributed by atoms with Gasteiger partial charge in [0.25, 0.3) is 0 Å². The van der Waals surface area contributed by atoms with E-state index in [1.54, 1.807) is 19.2 Å². The molecule has 0 fully saturated rings. The van der Waals surface area contributed by atoms with Crippen molar-refractivity contribution in [2.24, 2.45) is 0 Å². The minimum Gasteiger partial charge on any atom is -0.481 e. The lowest BCUT2D eigenvalue weighted by molar-refractivity contribution is 0.383. The fraction of sp³-hybridized carbons (Fsp3) is 0.0625. The molecule has 3 aromatic rings. The molecule has 100 valence electrons. The topological polar surface area (TPSA) is 31.4 Å². The van der Waals surface area contributed by atoms with E-state index in [-0.39, 0.29) is 0 Å². The van der Waals surface area contributed by atoms with Crippen molar-refractivity contribution >= 4 is 26.7 Å². The Bertz CT molecular complexity index is 758. The second-order valence-electron chi connectivity index (χ2n) is 4.27. The Morgan fingerprint density at radius 2 is 1.65 bits per heavy atom. The van der Waals surface area contributed by atoms with Gasteiger partial charge < -0.3 is 9.47 Å². The van der Waals surface area contributed by atoms with E-state index in [0.717, 1.165) is 21.0 Å². The zero-order chi connectivity index (χ0) is 13.9. The molecule has 0 spiro atoms. The molecule has 0 atom stereocenters. The Balaban J connectivity index is 1.92.